The second-order valence-electron chi connectivity index (χ2n) is 8.07. The minimum atomic E-state index is -0.340. The number of nitrogens with one attached hydrogen (secondary N) is 2. The Labute approximate surface area is 191 Å². The Kier molecular flexibility index (Phi) is 6.72. The van der Waals surface area contributed by atoms with Crippen LogP contribution in [0.15, 0.2) is 47.3 Å². The molecule has 1 aliphatic carbocycles. The van der Waals surface area contributed by atoms with Crippen molar-refractivity contribution in [3.8, 4) is 22.9 Å². The van der Waals surface area contributed by atoms with Gasteiger partial charge in [0.1, 0.15) is 23.1 Å². The molecule has 0 radical (unpaired) electrons. The number of halogens is 1. The summed E-state index contributed by atoms with van der Waals surface area (Å²) in [5.41, 5.74) is 2.40. The van der Waals surface area contributed by atoms with E-state index in [1.807, 2.05) is 0 Å². The Balaban J connectivity index is 1.43. The SMILES string of the molecule is COc1ccc(C(=O)NCC2CCc3nc(-c4ccc(F)cc4)[nH]c(=O)c3CC2)c(OC)c1. The van der Waals surface area contributed by atoms with Gasteiger partial charge in [0.25, 0.3) is 11.5 Å². The van der Waals surface area contributed by atoms with E-state index in [0.29, 0.717) is 53.4 Å². The van der Waals surface area contributed by atoms with Gasteiger partial charge in [-0.25, -0.2) is 9.37 Å². The first-order valence-corrected chi connectivity index (χ1v) is 10.9. The van der Waals surface area contributed by atoms with Crippen molar-refractivity contribution in [3.05, 3.63) is 75.5 Å². The lowest BCUT2D eigenvalue weighted by atomic mass is 9.99. The fourth-order valence-electron chi connectivity index (χ4n) is 4.11. The van der Waals surface area contributed by atoms with Gasteiger partial charge in [-0.05, 0) is 68.0 Å². The number of fused-ring (bicyclic) bond motifs is 1. The van der Waals surface area contributed by atoms with Crippen LogP contribution in [0.4, 0.5) is 4.39 Å². The zero-order valence-electron chi connectivity index (χ0n) is 18.6. The predicted octanol–water partition coefficient (Wildman–Crippen LogP) is 3.52. The predicted molar refractivity (Wildman–Crippen MR) is 122 cm³/mol. The number of amides is 1. The van der Waals surface area contributed by atoms with Gasteiger partial charge in [-0.1, -0.05) is 0 Å². The normalized spacial score (nSPS) is 15.3. The summed E-state index contributed by atoms with van der Waals surface area (Å²) in [7, 11) is 3.07. The van der Waals surface area contributed by atoms with Crippen LogP contribution in [0.1, 0.15) is 34.5 Å². The van der Waals surface area contributed by atoms with E-state index in [9.17, 15) is 14.0 Å². The molecule has 0 bridgehead atoms. The fourth-order valence-corrected chi connectivity index (χ4v) is 4.11. The lowest BCUT2D eigenvalue weighted by molar-refractivity contribution is 0.0942. The number of carbonyl (C=O) groups is 1. The zero-order chi connectivity index (χ0) is 23.4. The van der Waals surface area contributed by atoms with Gasteiger partial charge < -0.3 is 19.8 Å². The number of benzene rings is 2. The van der Waals surface area contributed by atoms with E-state index >= 15 is 0 Å². The first kappa shape index (κ1) is 22.5. The molecule has 1 atom stereocenters. The molecule has 0 saturated carbocycles. The number of hydrogen-bond donors (Lipinski definition) is 2. The van der Waals surface area contributed by atoms with Crippen molar-refractivity contribution in [2.24, 2.45) is 5.92 Å². The van der Waals surface area contributed by atoms with Crippen LogP contribution < -0.4 is 20.3 Å². The topological polar surface area (TPSA) is 93.3 Å². The number of aryl methyl sites for hydroxylation is 1. The van der Waals surface area contributed by atoms with E-state index in [4.69, 9.17) is 9.47 Å². The van der Waals surface area contributed by atoms with Crippen LogP contribution in [0.5, 0.6) is 11.5 Å². The summed E-state index contributed by atoms with van der Waals surface area (Å²) >= 11 is 0. The molecule has 8 heteroatoms. The lowest BCUT2D eigenvalue weighted by Crippen LogP contribution is -2.29. The number of ether oxygens (including phenoxy) is 2. The summed E-state index contributed by atoms with van der Waals surface area (Å²) in [6, 6.07) is 11.0. The van der Waals surface area contributed by atoms with Crippen molar-refractivity contribution in [2.75, 3.05) is 20.8 Å². The van der Waals surface area contributed by atoms with Crippen molar-refractivity contribution in [1.82, 2.24) is 15.3 Å². The summed E-state index contributed by atoms with van der Waals surface area (Å²) in [5, 5.41) is 2.99. The third-order valence-electron chi connectivity index (χ3n) is 6.02. The van der Waals surface area contributed by atoms with Crippen molar-refractivity contribution >= 4 is 5.91 Å². The van der Waals surface area contributed by atoms with E-state index in [0.717, 1.165) is 18.5 Å². The molecule has 1 unspecified atom stereocenters. The molecule has 2 aromatic carbocycles. The van der Waals surface area contributed by atoms with Crippen LogP contribution in [0.3, 0.4) is 0 Å². The van der Waals surface area contributed by atoms with Crippen molar-refractivity contribution in [3.63, 3.8) is 0 Å². The molecule has 0 spiro atoms. The quantitative estimate of drug-likeness (QED) is 0.560. The maximum atomic E-state index is 13.2. The number of hydrogen-bond acceptors (Lipinski definition) is 5. The average molecular weight is 451 g/mol. The minimum absolute atomic E-state index is 0.160. The fraction of sp³-hybridized carbons (Fsp3) is 0.320. The molecule has 4 rings (SSSR count). The summed E-state index contributed by atoms with van der Waals surface area (Å²) in [5.74, 6) is 1.16. The first-order valence-electron chi connectivity index (χ1n) is 10.9. The van der Waals surface area contributed by atoms with Crippen molar-refractivity contribution in [2.45, 2.75) is 25.7 Å². The number of rotatable bonds is 6. The van der Waals surface area contributed by atoms with Gasteiger partial charge in [0.05, 0.1) is 25.5 Å². The summed E-state index contributed by atoms with van der Waals surface area (Å²) in [4.78, 5) is 32.9. The molecule has 7 nitrogen and oxygen atoms in total. The largest absolute Gasteiger partial charge is 0.497 e. The number of methoxy groups -OCH3 is 2. The Morgan fingerprint density at radius 1 is 1.12 bits per heavy atom. The van der Waals surface area contributed by atoms with Crippen LogP contribution in [-0.2, 0) is 12.8 Å². The number of aromatic amines is 1. The summed E-state index contributed by atoms with van der Waals surface area (Å²) in [6.07, 6.45) is 2.80. The molecule has 0 fully saturated rings. The molecule has 0 aliphatic heterocycles. The molecule has 33 heavy (non-hydrogen) atoms. The van der Waals surface area contributed by atoms with Gasteiger partial charge in [0, 0.05) is 23.7 Å². The van der Waals surface area contributed by atoms with Gasteiger partial charge in [0.15, 0.2) is 0 Å². The van der Waals surface area contributed by atoms with Gasteiger partial charge in [-0.3, -0.25) is 9.59 Å². The smallest absolute Gasteiger partial charge is 0.255 e. The van der Waals surface area contributed by atoms with Crippen LogP contribution in [0.25, 0.3) is 11.4 Å². The van der Waals surface area contributed by atoms with Gasteiger partial charge in [0.2, 0.25) is 0 Å². The highest BCUT2D eigenvalue weighted by atomic mass is 19.1. The van der Waals surface area contributed by atoms with E-state index in [2.05, 4.69) is 15.3 Å². The number of H-pyrrole nitrogens is 1. The molecule has 1 heterocycles. The highest BCUT2D eigenvalue weighted by Gasteiger charge is 2.22. The van der Waals surface area contributed by atoms with E-state index in [-0.39, 0.29) is 23.2 Å². The Bertz CT molecular complexity index is 1210. The van der Waals surface area contributed by atoms with E-state index in [1.54, 1.807) is 37.4 Å². The molecular formula is C25H26FN3O4. The van der Waals surface area contributed by atoms with Crippen LogP contribution in [-0.4, -0.2) is 36.6 Å². The van der Waals surface area contributed by atoms with E-state index < -0.39 is 0 Å². The van der Waals surface area contributed by atoms with Gasteiger partial charge >= 0.3 is 0 Å². The summed E-state index contributed by atoms with van der Waals surface area (Å²) in [6.45, 7) is 0.491. The second kappa shape index (κ2) is 9.85. The molecule has 1 amide bonds. The molecule has 0 saturated heterocycles. The molecular weight excluding hydrogens is 425 g/mol. The van der Waals surface area contributed by atoms with Crippen LogP contribution in [0.2, 0.25) is 0 Å². The third-order valence-corrected chi connectivity index (χ3v) is 6.02. The molecule has 1 aromatic heterocycles. The highest BCUT2D eigenvalue weighted by molar-refractivity contribution is 5.97. The number of nitrogens with zero attached hydrogens (tertiary/aromatic N) is 1. The lowest BCUT2D eigenvalue weighted by Gasteiger charge is -2.16. The molecule has 172 valence electrons. The molecule has 3 aromatic rings. The number of aromatic nitrogens is 2. The Hall–Kier alpha value is -3.68. The highest BCUT2D eigenvalue weighted by Crippen LogP contribution is 2.26. The zero-order valence-corrected chi connectivity index (χ0v) is 18.6. The number of carbonyl (C=O) groups excluding carboxylic acids is 1. The van der Waals surface area contributed by atoms with Crippen molar-refractivity contribution in [1.29, 1.82) is 0 Å². The maximum absolute atomic E-state index is 13.2. The van der Waals surface area contributed by atoms with E-state index in [1.165, 1.54) is 19.2 Å². The second-order valence-corrected chi connectivity index (χ2v) is 8.07. The molecule has 2 N–H and O–H groups in total. The van der Waals surface area contributed by atoms with Crippen molar-refractivity contribution < 1.29 is 18.7 Å². The minimum Gasteiger partial charge on any atom is -0.497 e. The van der Waals surface area contributed by atoms with Gasteiger partial charge in [-0.15, -0.1) is 0 Å². The van der Waals surface area contributed by atoms with Gasteiger partial charge in [-0.2, -0.15) is 0 Å². The first-order chi connectivity index (χ1) is 16.0. The molecule has 1 aliphatic rings. The average Bonchev–Trinajstić information content (AvgIpc) is 3.05. The monoisotopic (exact) mass is 451 g/mol. The van der Waals surface area contributed by atoms with Crippen LogP contribution >= 0.6 is 0 Å². The standard InChI is InChI=1S/C25H26FN3O4/c1-32-18-9-11-20(22(13-18)33-2)24(30)27-14-15-3-10-19-21(12-4-15)28-23(29-25(19)31)16-5-7-17(26)8-6-16/h5-9,11,13,15H,3-4,10,12,14H2,1-2H3,(H,27,30)(H,28,29,31). The van der Waals surface area contributed by atoms with Crippen LogP contribution in [0, 0.1) is 11.7 Å². The maximum Gasteiger partial charge on any atom is 0.255 e. The Morgan fingerprint density at radius 2 is 1.88 bits per heavy atom. The third kappa shape index (κ3) is 5.05. The Morgan fingerprint density at radius 3 is 2.61 bits per heavy atom. The summed E-state index contributed by atoms with van der Waals surface area (Å²) < 4.78 is 23.7.